The fourth-order valence-electron chi connectivity index (χ4n) is 3.26. The number of nitrogens with two attached hydrogens (primary N) is 3. The Hall–Kier alpha value is -1.92. The van der Waals surface area contributed by atoms with Gasteiger partial charge in [-0.15, -0.1) is 0 Å². The summed E-state index contributed by atoms with van der Waals surface area (Å²) >= 11 is 0. The molecule has 0 saturated heterocycles. The minimum absolute atomic E-state index is 0.463. The number of anilines is 1. The quantitative estimate of drug-likeness (QED) is 0.424. The second-order valence-corrected chi connectivity index (χ2v) is 6.78. The normalized spacial score (nSPS) is 11.3. The van der Waals surface area contributed by atoms with Gasteiger partial charge in [-0.05, 0) is 62.6 Å². The van der Waals surface area contributed by atoms with Gasteiger partial charge in [-0.1, -0.05) is 43.3 Å². The van der Waals surface area contributed by atoms with E-state index in [1.165, 1.54) is 27.9 Å². The first kappa shape index (κ1) is 22.1. The molecule has 26 heavy (non-hydrogen) atoms. The molecule has 0 spiro atoms. The van der Waals surface area contributed by atoms with Crippen molar-refractivity contribution in [2.75, 3.05) is 12.0 Å². The summed E-state index contributed by atoms with van der Waals surface area (Å²) in [6.07, 6.45) is 1.03. The average molecular weight is 358 g/mol. The molecule has 144 valence electrons. The fourth-order valence-corrected chi connectivity index (χ4v) is 3.26. The first-order valence-corrected chi connectivity index (χ1v) is 9.28. The third-order valence-electron chi connectivity index (χ3n) is 4.21. The summed E-state index contributed by atoms with van der Waals surface area (Å²) in [5.74, 6) is 8.00. The molecule has 7 N–H and O–H groups in total. The van der Waals surface area contributed by atoms with E-state index < -0.39 is 0 Å². The summed E-state index contributed by atoms with van der Waals surface area (Å²) in [5, 5.41) is 2.32. The van der Waals surface area contributed by atoms with Gasteiger partial charge in [-0.25, -0.2) is 5.01 Å². The molecule has 0 aromatic heterocycles. The highest BCUT2D eigenvalue weighted by Gasteiger charge is 2.22. The molecule has 0 atom stereocenters. The molecule has 2 aromatic rings. The molecular weight excluding hydrogens is 322 g/mol. The Morgan fingerprint density at radius 2 is 1.46 bits per heavy atom. The van der Waals surface area contributed by atoms with Crippen LogP contribution in [0.25, 0.3) is 11.1 Å². The minimum atomic E-state index is 0.463. The lowest BCUT2D eigenvalue weighted by molar-refractivity contribution is 0.218. The van der Waals surface area contributed by atoms with Gasteiger partial charge in [-0.3, -0.25) is 11.7 Å². The van der Waals surface area contributed by atoms with Crippen LogP contribution in [0, 0.1) is 0 Å². The molecule has 5 nitrogen and oxygen atoms in total. The molecule has 2 aromatic carbocycles. The van der Waals surface area contributed by atoms with Gasteiger partial charge in [-0.2, -0.15) is 0 Å². The zero-order chi connectivity index (χ0) is 19.7. The molecule has 0 radical (unpaired) electrons. The van der Waals surface area contributed by atoms with Crippen LogP contribution >= 0.6 is 0 Å². The Morgan fingerprint density at radius 3 is 2.04 bits per heavy atom. The number of rotatable bonds is 4. The largest absolute Gasteiger partial charge is 0.331 e. The molecule has 1 aliphatic carbocycles. The molecule has 0 bridgehead atoms. The summed E-state index contributed by atoms with van der Waals surface area (Å²) in [6, 6.07) is 16.2. The van der Waals surface area contributed by atoms with E-state index in [-0.39, 0.29) is 0 Å². The number of hydrogen-bond donors (Lipinski definition) is 4. The van der Waals surface area contributed by atoms with Crippen molar-refractivity contribution in [2.45, 2.75) is 53.1 Å². The fraction of sp³-hybridized carbons (Fsp3) is 0.429. The van der Waals surface area contributed by atoms with Crippen molar-refractivity contribution in [1.29, 1.82) is 0 Å². The van der Waals surface area contributed by atoms with Gasteiger partial charge in [0.2, 0.25) is 0 Å². The van der Waals surface area contributed by atoms with Crippen molar-refractivity contribution >= 4 is 5.69 Å². The highest BCUT2D eigenvalue weighted by atomic mass is 15.5. The SMILES string of the molecule is CC(C)N(Nc1cccc2c1Cc1ccccc1-2)C(C)C.CCN.NN. The predicted octanol–water partition coefficient (Wildman–Crippen LogP) is 3.49. The van der Waals surface area contributed by atoms with E-state index in [0.717, 1.165) is 13.0 Å². The van der Waals surface area contributed by atoms with Crippen LogP contribution in [0.4, 0.5) is 5.69 Å². The van der Waals surface area contributed by atoms with Crippen LogP contribution < -0.4 is 22.8 Å². The van der Waals surface area contributed by atoms with Crippen molar-refractivity contribution in [2.24, 2.45) is 17.4 Å². The van der Waals surface area contributed by atoms with E-state index in [1.807, 2.05) is 6.92 Å². The summed E-state index contributed by atoms with van der Waals surface area (Å²) in [4.78, 5) is 0. The van der Waals surface area contributed by atoms with Crippen molar-refractivity contribution < 1.29 is 0 Å². The maximum atomic E-state index is 4.85. The van der Waals surface area contributed by atoms with Crippen LogP contribution in [-0.2, 0) is 6.42 Å². The monoisotopic (exact) mass is 357 g/mol. The molecule has 3 rings (SSSR count). The van der Waals surface area contributed by atoms with Gasteiger partial charge in [0.05, 0.1) is 5.69 Å². The van der Waals surface area contributed by atoms with Crippen LogP contribution in [0.15, 0.2) is 42.5 Å². The predicted molar refractivity (Wildman–Crippen MR) is 114 cm³/mol. The third-order valence-corrected chi connectivity index (χ3v) is 4.21. The molecule has 5 heteroatoms. The zero-order valence-electron chi connectivity index (χ0n) is 16.8. The number of benzene rings is 2. The lowest BCUT2D eigenvalue weighted by atomic mass is 10.1. The van der Waals surface area contributed by atoms with Crippen molar-refractivity contribution in [3.8, 4) is 11.1 Å². The summed E-state index contributed by atoms with van der Waals surface area (Å²) in [5.41, 5.74) is 15.4. The lowest BCUT2D eigenvalue weighted by Gasteiger charge is -2.32. The smallest absolute Gasteiger partial charge is 0.0531 e. The van der Waals surface area contributed by atoms with E-state index in [9.17, 15) is 0 Å². The molecule has 0 aliphatic heterocycles. The maximum absolute atomic E-state index is 4.85. The van der Waals surface area contributed by atoms with Crippen LogP contribution in [-0.4, -0.2) is 23.6 Å². The standard InChI is InChI=1S/C19H24N2.C2H7N.H4N2/c1-13(2)21(14(3)4)20-19-11-7-10-17-16-9-6-5-8-15(16)12-18(17)19;1-2-3;1-2/h5-11,13-14,20H,12H2,1-4H3;2-3H2,1H3;1-2H2. The van der Waals surface area contributed by atoms with Crippen LogP contribution in [0.5, 0.6) is 0 Å². The van der Waals surface area contributed by atoms with Gasteiger partial charge >= 0.3 is 0 Å². The Balaban J connectivity index is 0.000000615. The zero-order valence-corrected chi connectivity index (χ0v) is 16.8. The Labute approximate surface area is 158 Å². The topological polar surface area (TPSA) is 93.3 Å². The first-order chi connectivity index (χ1) is 12.5. The van der Waals surface area contributed by atoms with Gasteiger partial charge in [0.25, 0.3) is 0 Å². The maximum Gasteiger partial charge on any atom is 0.0531 e. The van der Waals surface area contributed by atoms with Crippen molar-refractivity contribution in [1.82, 2.24) is 5.01 Å². The van der Waals surface area contributed by atoms with Gasteiger partial charge in [0.1, 0.15) is 0 Å². The number of nitrogens with zero attached hydrogens (tertiary/aromatic N) is 1. The van der Waals surface area contributed by atoms with E-state index in [4.69, 9.17) is 5.73 Å². The van der Waals surface area contributed by atoms with Crippen LogP contribution in [0.2, 0.25) is 0 Å². The average Bonchev–Trinajstić information content (AvgIpc) is 3.01. The van der Waals surface area contributed by atoms with E-state index >= 15 is 0 Å². The van der Waals surface area contributed by atoms with Crippen molar-refractivity contribution in [3.05, 3.63) is 53.6 Å². The Bertz CT molecular complexity index is 659. The van der Waals surface area contributed by atoms with Crippen molar-refractivity contribution in [3.63, 3.8) is 0 Å². The molecular formula is C21H35N5. The van der Waals surface area contributed by atoms with Crippen LogP contribution in [0.3, 0.4) is 0 Å². The summed E-state index contributed by atoms with van der Waals surface area (Å²) < 4.78 is 0. The lowest BCUT2D eigenvalue weighted by Crippen LogP contribution is -2.41. The Morgan fingerprint density at radius 1 is 0.923 bits per heavy atom. The molecule has 0 saturated carbocycles. The molecule has 1 aliphatic rings. The first-order valence-electron chi connectivity index (χ1n) is 9.28. The number of hydrogen-bond acceptors (Lipinski definition) is 5. The Kier molecular flexibility index (Phi) is 9.30. The van der Waals surface area contributed by atoms with Crippen LogP contribution in [0.1, 0.15) is 45.7 Å². The molecule has 0 unspecified atom stereocenters. The molecule has 0 heterocycles. The number of hydrazine groups is 2. The molecule has 0 fully saturated rings. The highest BCUT2D eigenvalue weighted by molar-refractivity contribution is 5.81. The van der Waals surface area contributed by atoms with E-state index in [2.05, 4.69) is 92.3 Å². The number of fused-ring (bicyclic) bond motifs is 3. The second kappa shape index (κ2) is 10.9. The number of nitrogens with one attached hydrogen (secondary N) is 1. The summed E-state index contributed by atoms with van der Waals surface area (Å²) in [7, 11) is 0. The van der Waals surface area contributed by atoms with Gasteiger partial charge in [0.15, 0.2) is 0 Å². The van der Waals surface area contributed by atoms with Gasteiger partial charge in [0, 0.05) is 18.5 Å². The minimum Gasteiger partial charge on any atom is -0.331 e. The summed E-state index contributed by atoms with van der Waals surface area (Å²) in [6.45, 7) is 11.6. The second-order valence-electron chi connectivity index (χ2n) is 6.78. The third kappa shape index (κ3) is 5.29. The van der Waals surface area contributed by atoms with E-state index in [0.29, 0.717) is 12.1 Å². The van der Waals surface area contributed by atoms with Gasteiger partial charge < -0.3 is 11.2 Å². The highest BCUT2D eigenvalue weighted by Crippen LogP contribution is 2.40. The van der Waals surface area contributed by atoms with E-state index in [1.54, 1.807) is 0 Å². The molecule has 0 amide bonds.